The van der Waals surface area contributed by atoms with Gasteiger partial charge in [-0.2, -0.15) is 13.2 Å². The van der Waals surface area contributed by atoms with E-state index in [2.05, 4.69) is 15.2 Å². The van der Waals surface area contributed by atoms with Crippen LogP contribution in [0.4, 0.5) is 18.9 Å². The fraction of sp³-hybridized carbons (Fsp3) is 0.429. The molecule has 5 nitrogen and oxygen atoms in total. The maximum absolute atomic E-state index is 13.2. The zero-order valence-electron chi connectivity index (χ0n) is 11.8. The van der Waals surface area contributed by atoms with Gasteiger partial charge in [0.1, 0.15) is 5.69 Å². The highest BCUT2D eigenvalue weighted by molar-refractivity contribution is 5.51. The van der Waals surface area contributed by atoms with Crippen molar-refractivity contribution in [2.45, 2.75) is 25.6 Å². The molecule has 22 heavy (non-hydrogen) atoms. The fourth-order valence-corrected chi connectivity index (χ4v) is 2.69. The van der Waals surface area contributed by atoms with Gasteiger partial charge in [0.15, 0.2) is 5.69 Å². The summed E-state index contributed by atoms with van der Waals surface area (Å²) in [5, 5.41) is 7.14. The van der Waals surface area contributed by atoms with E-state index in [0.29, 0.717) is 5.69 Å². The van der Waals surface area contributed by atoms with Gasteiger partial charge in [-0.3, -0.25) is 0 Å². The fourth-order valence-electron chi connectivity index (χ4n) is 2.69. The van der Waals surface area contributed by atoms with Crippen molar-refractivity contribution in [2.24, 2.45) is 5.73 Å². The van der Waals surface area contributed by atoms with Gasteiger partial charge in [-0.05, 0) is 37.1 Å². The summed E-state index contributed by atoms with van der Waals surface area (Å²) in [5.41, 5.74) is 5.49. The average molecular weight is 311 g/mol. The largest absolute Gasteiger partial charge is 0.435 e. The summed E-state index contributed by atoms with van der Waals surface area (Å²) in [7, 11) is 0. The van der Waals surface area contributed by atoms with E-state index >= 15 is 0 Å². The van der Waals surface area contributed by atoms with Crippen LogP contribution in [0.1, 0.15) is 24.2 Å². The van der Waals surface area contributed by atoms with E-state index in [1.54, 1.807) is 12.1 Å². The Morgan fingerprint density at radius 3 is 2.18 bits per heavy atom. The molecule has 1 aromatic carbocycles. The third kappa shape index (κ3) is 2.66. The van der Waals surface area contributed by atoms with E-state index in [-0.39, 0.29) is 12.2 Å². The molecule has 1 aromatic heterocycles. The van der Waals surface area contributed by atoms with Crippen LogP contribution in [0, 0.1) is 0 Å². The third-order valence-corrected chi connectivity index (χ3v) is 3.77. The van der Waals surface area contributed by atoms with Crippen LogP contribution in [0.25, 0.3) is 5.69 Å². The number of aromatic nitrogens is 3. The molecule has 1 saturated heterocycles. The molecule has 0 saturated carbocycles. The molecule has 0 unspecified atom stereocenters. The van der Waals surface area contributed by atoms with Gasteiger partial charge in [-0.1, -0.05) is 5.21 Å². The Hall–Kier alpha value is -2.09. The van der Waals surface area contributed by atoms with Crippen LogP contribution < -0.4 is 10.6 Å². The maximum Gasteiger partial charge on any atom is 0.435 e. The van der Waals surface area contributed by atoms with Crippen molar-refractivity contribution >= 4 is 5.69 Å². The Balaban J connectivity index is 1.96. The number of hydrogen-bond acceptors (Lipinski definition) is 4. The lowest BCUT2D eigenvalue weighted by atomic mass is 10.2. The second-order valence-electron chi connectivity index (χ2n) is 5.21. The molecule has 2 heterocycles. The molecule has 2 aromatic rings. The van der Waals surface area contributed by atoms with E-state index in [0.717, 1.165) is 36.3 Å². The molecule has 0 spiro atoms. The number of nitrogens with zero attached hydrogens (tertiary/aromatic N) is 4. The molecule has 0 bridgehead atoms. The number of benzene rings is 1. The van der Waals surface area contributed by atoms with Crippen LogP contribution in [0.5, 0.6) is 0 Å². The second kappa shape index (κ2) is 5.60. The monoisotopic (exact) mass is 311 g/mol. The van der Waals surface area contributed by atoms with Gasteiger partial charge in [0.2, 0.25) is 0 Å². The Morgan fingerprint density at radius 2 is 1.64 bits per heavy atom. The highest BCUT2D eigenvalue weighted by Crippen LogP contribution is 2.33. The molecular weight excluding hydrogens is 295 g/mol. The van der Waals surface area contributed by atoms with Crippen LogP contribution >= 0.6 is 0 Å². The van der Waals surface area contributed by atoms with E-state index in [1.165, 1.54) is 0 Å². The highest BCUT2D eigenvalue weighted by atomic mass is 19.4. The highest BCUT2D eigenvalue weighted by Gasteiger charge is 2.39. The Morgan fingerprint density at radius 1 is 1.05 bits per heavy atom. The van der Waals surface area contributed by atoms with Gasteiger partial charge < -0.3 is 10.6 Å². The number of alkyl halides is 3. The van der Waals surface area contributed by atoms with Gasteiger partial charge in [-0.25, -0.2) is 4.68 Å². The summed E-state index contributed by atoms with van der Waals surface area (Å²) in [6.07, 6.45) is -2.27. The van der Waals surface area contributed by atoms with Crippen molar-refractivity contribution < 1.29 is 13.2 Å². The maximum atomic E-state index is 13.2. The smallest absolute Gasteiger partial charge is 0.372 e. The topological polar surface area (TPSA) is 60.0 Å². The quantitative estimate of drug-likeness (QED) is 0.945. The minimum atomic E-state index is -4.55. The summed E-state index contributed by atoms with van der Waals surface area (Å²) < 4.78 is 40.3. The number of halogens is 3. The molecule has 3 rings (SSSR count). The van der Waals surface area contributed by atoms with E-state index in [9.17, 15) is 13.2 Å². The summed E-state index contributed by atoms with van der Waals surface area (Å²) in [6.45, 7) is 1.66. The summed E-state index contributed by atoms with van der Waals surface area (Å²) in [4.78, 5) is 2.21. The lowest BCUT2D eigenvalue weighted by Gasteiger charge is -2.18. The molecule has 118 valence electrons. The molecule has 0 atom stereocenters. The van der Waals surface area contributed by atoms with Gasteiger partial charge >= 0.3 is 6.18 Å². The minimum Gasteiger partial charge on any atom is -0.372 e. The average Bonchev–Trinajstić information content (AvgIpc) is 3.16. The van der Waals surface area contributed by atoms with Crippen LogP contribution in [0.15, 0.2) is 24.3 Å². The zero-order valence-corrected chi connectivity index (χ0v) is 11.8. The first kappa shape index (κ1) is 14.8. The van der Waals surface area contributed by atoms with Gasteiger partial charge in [0.05, 0.1) is 5.69 Å². The Bertz CT molecular complexity index is 641. The van der Waals surface area contributed by atoms with E-state index in [4.69, 9.17) is 5.73 Å². The zero-order chi connectivity index (χ0) is 15.7. The second-order valence-corrected chi connectivity index (χ2v) is 5.21. The first-order valence-corrected chi connectivity index (χ1v) is 7.08. The molecular formula is C14H16F3N5. The minimum absolute atomic E-state index is 0.254. The van der Waals surface area contributed by atoms with Crippen molar-refractivity contribution in [3.05, 3.63) is 35.7 Å². The SMILES string of the molecule is NCc1nnn(-c2ccc(N3CCCC3)cc2)c1C(F)(F)F. The molecule has 1 aliphatic heterocycles. The molecule has 0 aliphatic carbocycles. The number of anilines is 1. The summed E-state index contributed by atoms with van der Waals surface area (Å²) in [5.74, 6) is 0. The molecule has 2 N–H and O–H groups in total. The molecule has 0 amide bonds. The number of nitrogens with two attached hydrogens (primary N) is 1. The predicted molar refractivity (Wildman–Crippen MR) is 75.7 cm³/mol. The van der Waals surface area contributed by atoms with Crippen LogP contribution in [0.2, 0.25) is 0 Å². The van der Waals surface area contributed by atoms with Crippen molar-refractivity contribution in [2.75, 3.05) is 18.0 Å². The van der Waals surface area contributed by atoms with E-state index < -0.39 is 11.9 Å². The van der Waals surface area contributed by atoms with Crippen LogP contribution in [-0.2, 0) is 12.7 Å². The molecule has 1 fully saturated rings. The standard InChI is InChI=1S/C14H16F3N5/c15-14(16,17)13-12(9-18)19-20-22(13)11-5-3-10(4-6-11)21-7-1-2-8-21/h3-6H,1-2,7-9,18H2. The Labute approximate surface area is 125 Å². The van der Waals surface area contributed by atoms with Crippen molar-refractivity contribution in [1.82, 2.24) is 15.0 Å². The van der Waals surface area contributed by atoms with Crippen molar-refractivity contribution in [1.29, 1.82) is 0 Å². The Kier molecular flexibility index (Phi) is 3.78. The summed E-state index contributed by atoms with van der Waals surface area (Å²) in [6, 6.07) is 6.87. The van der Waals surface area contributed by atoms with Crippen LogP contribution in [-0.4, -0.2) is 28.1 Å². The third-order valence-electron chi connectivity index (χ3n) is 3.77. The predicted octanol–water partition coefficient (Wildman–Crippen LogP) is 2.34. The normalized spacial score (nSPS) is 15.5. The lowest BCUT2D eigenvalue weighted by Crippen LogP contribution is -2.18. The van der Waals surface area contributed by atoms with Gasteiger partial charge in [-0.15, -0.1) is 5.10 Å². The van der Waals surface area contributed by atoms with Gasteiger partial charge in [0, 0.05) is 25.3 Å². The lowest BCUT2D eigenvalue weighted by molar-refractivity contribution is -0.143. The molecule has 0 radical (unpaired) electrons. The van der Waals surface area contributed by atoms with Gasteiger partial charge in [0.25, 0.3) is 0 Å². The van der Waals surface area contributed by atoms with Crippen molar-refractivity contribution in [3.8, 4) is 5.69 Å². The first-order valence-electron chi connectivity index (χ1n) is 7.08. The molecule has 1 aliphatic rings. The molecule has 8 heteroatoms. The first-order chi connectivity index (χ1) is 10.5. The number of hydrogen-bond donors (Lipinski definition) is 1. The number of rotatable bonds is 3. The summed E-state index contributed by atoms with van der Waals surface area (Å²) >= 11 is 0. The van der Waals surface area contributed by atoms with E-state index in [1.807, 2.05) is 12.1 Å². The van der Waals surface area contributed by atoms with Crippen LogP contribution in [0.3, 0.4) is 0 Å². The van der Waals surface area contributed by atoms with Crippen molar-refractivity contribution in [3.63, 3.8) is 0 Å².